The Morgan fingerprint density at radius 1 is 1.50 bits per heavy atom. The molecule has 5 heteroatoms. The molecular formula is C13H16FNO3. The number of benzene rings is 1. The van der Waals surface area contributed by atoms with Gasteiger partial charge in [-0.1, -0.05) is 12.1 Å². The van der Waals surface area contributed by atoms with Gasteiger partial charge >= 0.3 is 5.97 Å². The number of ether oxygens (including phenoxy) is 2. The summed E-state index contributed by atoms with van der Waals surface area (Å²) in [7, 11) is 1.84. The Balaban J connectivity index is 1.78. The van der Waals surface area contributed by atoms with E-state index in [0.717, 1.165) is 0 Å². The van der Waals surface area contributed by atoms with Gasteiger partial charge in [-0.3, -0.25) is 9.69 Å². The van der Waals surface area contributed by atoms with Crippen molar-refractivity contribution in [1.82, 2.24) is 4.90 Å². The summed E-state index contributed by atoms with van der Waals surface area (Å²) in [5.41, 5.74) is 0. The van der Waals surface area contributed by atoms with Gasteiger partial charge in [-0.2, -0.15) is 0 Å². The summed E-state index contributed by atoms with van der Waals surface area (Å²) < 4.78 is 23.5. The lowest BCUT2D eigenvalue weighted by molar-refractivity contribution is -0.142. The van der Waals surface area contributed by atoms with E-state index in [1.165, 1.54) is 6.07 Å². The smallest absolute Gasteiger partial charge is 0.323 e. The highest BCUT2D eigenvalue weighted by Crippen LogP contribution is 2.16. The maximum absolute atomic E-state index is 13.3. The number of hydrogen-bond donors (Lipinski definition) is 0. The first-order valence-corrected chi connectivity index (χ1v) is 5.92. The molecule has 0 saturated carbocycles. The molecule has 1 aromatic rings. The van der Waals surface area contributed by atoms with Crippen molar-refractivity contribution in [3.05, 3.63) is 30.1 Å². The van der Waals surface area contributed by atoms with Gasteiger partial charge in [0.05, 0.1) is 6.61 Å². The van der Waals surface area contributed by atoms with Crippen LogP contribution in [0.2, 0.25) is 0 Å². The van der Waals surface area contributed by atoms with Gasteiger partial charge in [-0.25, -0.2) is 4.39 Å². The van der Waals surface area contributed by atoms with E-state index >= 15 is 0 Å². The highest BCUT2D eigenvalue weighted by molar-refractivity contribution is 5.77. The van der Waals surface area contributed by atoms with Crippen LogP contribution in [0, 0.1) is 5.82 Å². The number of rotatable bonds is 5. The van der Waals surface area contributed by atoms with Crippen molar-refractivity contribution < 1.29 is 18.7 Å². The molecule has 0 aromatic heterocycles. The van der Waals surface area contributed by atoms with Gasteiger partial charge in [0.15, 0.2) is 11.6 Å². The number of cyclic esters (lactones) is 1. The van der Waals surface area contributed by atoms with Crippen molar-refractivity contribution >= 4 is 5.97 Å². The van der Waals surface area contributed by atoms with Crippen LogP contribution in [0.15, 0.2) is 24.3 Å². The van der Waals surface area contributed by atoms with Gasteiger partial charge in [0.25, 0.3) is 0 Å². The van der Waals surface area contributed by atoms with Crippen LogP contribution in [0.5, 0.6) is 5.75 Å². The Labute approximate surface area is 105 Å². The molecule has 0 N–H and O–H groups in total. The number of nitrogens with zero attached hydrogens (tertiary/aromatic N) is 1. The summed E-state index contributed by atoms with van der Waals surface area (Å²) in [6, 6.07) is 6.07. The van der Waals surface area contributed by atoms with Crippen molar-refractivity contribution in [2.75, 3.05) is 26.8 Å². The number of hydrogen-bond acceptors (Lipinski definition) is 4. The number of carbonyl (C=O) groups is 1. The van der Waals surface area contributed by atoms with Gasteiger partial charge in [-0.15, -0.1) is 0 Å². The maximum atomic E-state index is 13.3. The summed E-state index contributed by atoms with van der Waals surface area (Å²) in [4.78, 5) is 13.2. The van der Waals surface area contributed by atoms with E-state index in [9.17, 15) is 9.18 Å². The molecule has 0 spiro atoms. The fourth-order valence-corrected chi connectivity index (χ4v) is 1.90. The maximum Gasteiger partial charge on any atom is 0.323 e. The summed E-state index contributed by atoms with van der Waals surface area (Å²) >= 11 is 0. The lowest BCUT2D eigenvalue weighted by Crippen LogP contribution is -2.37. The number of likely N-dealkylation sites (N-methyl/N-ethyl adjacent to an activating group) is 1. The fourth-order valence-electron chi connectivity index (χ4n) is 1.90. The zero-order valence-corrected chi connectivity index (χ0v) is 10.3. The first kappa shape index (κ1) is 12.8. The minimum absolute atomic E-state index is 0.191. The van der Waals surface area contributed by atoms with Gasteiger partial charge in [0.1, 0.15) is 12.6 Å². The normalized spacial score (nSPS) is 19.1. The Hall–Kier alpha value is -1.62. The molecule has 4 nitrogen and oxygen atoms in total. The molecule has 1 aliphatic heterocycles. The van der Waals surface area contributed by atoms with Crippen LogP contribution in [0.3, 0.4) is 0 Å². The standard InChI is InChI=1S/C13H16FNO3/c1-15(11-6-8-18-13(11)16)7-9-17-12-5-3-2-4-10(12)14/h2-5,11H,6-9H2,1H3. The predicted octanol–water partition coefficient (Wildman–Crippen LogP) is 1.45. The lowest BCUT2D eigenvalue weighted by atomic mass is 10.2. The number of para-hydroxylation sites is 1. The molecule has 0 amide bonds. The molecule has 0 aliphatic carbocycles. The average molecular weight is 253 g/mol. The summed E-state index contributed by atoms with van der Waals surface area (Å²) in [6.45, 7) is 1.36. The second-order valence-corrected chi connectivity index (χ2v) is 4.23. The number of esters is 1. The molecule has 2 rings (SSSR count). The SMILES string of the molecule is CN(CCOc1ccccc1F)C1CCOC1=O. The highest BCUT2D eigenvalue weighted by Gasteiger charge is 2.29. The van der Waals surface area contributed by atoms with Crippen molar-refractivity contribution in [2.24, 2.45) is 0 Å². The van der Waals surface area contributed by atoms with Crippen LogP contribution in [0.4, 0.5) is 4.39 Å². The molecule has 1 heterocycles. The number of halogens is 1. The largest absolute Gasteiger partial charge is 0.489 e. The predicted molar refractivity (Wildman–Crippen MR) is 63.9 cm³/mol. The first-order chi connectivity index (χ1) is 8.68. The fraction of sp³-hybridized carbons (Fsp3) is 0.462. The van der Waals surface area contributed by atoms with Crippen LogP contribution < -0.4 is 4.74 Å². The molecule has 98 valence electrons. The van der Waals surface area contributed by atoms with Gasteiger partial charge < -0.3 is 9.47 Å². The van der Waals surface area contributed by atoms with Crippen molar-refractivity contribution in [3.8, 4) is 5.75 Å². The molecular weight excluding hydrogens is 237 g/mol. The molecule has 1 aliphatic rings. The van der Waals surface area contributed by atoms with E-state index in [1.54, 1.807) is 18.2 Å². The minimum atomic E-state index is -0.375. The van der Waals surface area contributed by atoms with Gasteiger partial charge in [0.2, 0.25) is 0 Å². The topological polar surface area (TPSA) is 38.8 Å². The van der Waals surface area contributed by atoms with Crippen molar-refractivity contribution in [2.45, 2.75) is 12.5 Å². The second kappa shape index (κ2) is 5.82. The molecule has 1 aromatic carbocycles. The van der Waals surface area contributed by atoms with Crippen molar-refractivity contribution in [3.63, 3.8) is 0 Å². The van der Waals surface area contributed by atoms with E-state index in [0.29, 0.717) is 26.2 Å². The second-order valence-electron chi connectivity index (χ2n) is 4.23. The zero-order valence-electron chi connectivity index (χ0n) is 10.3. The molecule has 1 atom stereocenters. The van der Waals surface area contributed by atoms with Crippen LogP contribution >= 0.6 is 0 Å². The van der Waals surface area contributed by atoms with E-state index < -0.39 is 0 Å². The zero-order chi connectivity index (χ0) is 13.0. The van der Waals surface area contributed by atoms with E-state index in [-0.39, 0.29) is 23.6 Å². The van der Waals surface area contributed by atoms with Crippen LogP contribution in [0.25, 0.3) is 0 Å². The van der Waals surface area contributed by atoms with E-state index in [4.69, 9.17) is 9.47 Å². The molecule has 1 fully saturated rings. The Morgan fingerprint density at radius 3 is 2.94 bits per heavy atom. The summed E-state index contributed by atoms with van der Waals surface area (Å²) in [5, 5.41) is 0. The van der Waals surface area contributed by atoms with Gasteiger partial charge in [0, 0.05) is 13.0 Å². The van der Waals surface area contributed by atoms with Crippen LogP contribution in [-0.4, -0.2) is 43.7 Å². The van der Waals surface area contributed by atoms with E-state index in [2.05, 4.69) is 0 Å². The number of carbonyl (C=O) groups excluding carboxylic acids is 1. The Morgan fingerprint density at radius 2 is 2.28 bits per heavy atom. The Bertz CT molecular complexity index is 424. The third-order valence-electron chi connectivity index (χ3n) is 2.98. The highest BCUT2D eigenvalue weighted by atomic mass is 19.1. The van der Waals surface area contributed by atoms with E-state index in [1.807, 2.05) is 11.9 Å². The first-order valence-electron chi connectivity index (χ1n) is 5.92. The summed E-state index contributed by atoms with van der Waals surface area (Å²) in [5.74, 6) is -0.330. The summed E-state index contributed by atoms with van der Waals surface area (Å²) in [6.07, 6.45) is 0.703. The van der Waals surface area contributed by atoms with Crippen LogP contribution in [0.1, 0.15) is 6.42 Å². The Kier molecular flexibility index (Phi) is 4.15. The quantitative estimate of drug-likeness (QED) is 0.745. The lowest BCUT2D eigenvalue weighted by Gasteiger charge is -2.20. The minimum Gasteiger partial charge on any atom is -0.489 e. The monoisotopic (exact) mass is 253 g/mol. The molecule has 0 bridgehead atoms. The van der Waals surface area contributed by atoms with Crippen LogP contribution in [-0.2, 0) is 9.53 Å². The third kappa shape index (κ3) is 2.98. The van der Waals surface area contributed by atoms with Gasteiger partial charge in [-0.05, 0) is 19.2 Å². The molecule has 1 unspecified atom stereocenters. The van der Waals surface area contributed by atoms with Crippen molar-refractivity contribution in [1.29, 1.82) is 0 Å². The third-order valence-corrected chi connectivity index (χ3v) is 2.98. The molecule has 1 saturated heterocycles. The molecule has 0 radical (unpaired) electrons. The molecule has 18 heavy (non-hydrogen) atoms. The average Bonchev–Trinajstić information content (AvgIpc) is 2.78.